The third kappa shape index (κ3) is 3.91. The van der Waals surface area contributed by atoms with Gasteiger partial charge in [-0.3, -0.25) is 0 Å². The molecule has 0 bridgehead atoms. The zero-order chi connectivity index (χ0) is 15.5. The molecular weight excluding hydrogens is 310 g/mol. The molecule has 0 fully saturated rings. The Labute approximate surface area is 128 Å². The molecule has 0 atom stereocenters. The predicted octanol–water partition coefficient (Wildman–Crippen LogP) is 1.80. The van der Waals surface area contributed by atoms with Crippen LogP contribution in [0, 0.1) is 6.92 Å². The molecule has 0 unspecified atom stereocenters. The first-order valence-electron chi connectivity index (χ1n) is 6.63. The Balaban J connectivity index is 2.10. The monoisotopic (exact) mass is 329 g/mol. The average molecular weight is 329 g/mol. The molecule has 2 aromatic heterocycles. The zero-order valence-electron chi connectivity index (χ0n) is 12.3. The highest BCUT2D eigenvalue weighted by Gasteiger charge is 2.21. The maximum atomic E-state index is 12.3. The Bertz CT molecular complexity index is 704. The minimum Gasteiger partial charge on any atom is -0.464 e. The minimum absolute atomic E-state index is 0.181. The lowest BCUT2D eigenvalue weighted by molar-refractivity contribution is 0.465. The van der Waals surface area contributed by atoms with Gasteiger partial charge in [0.25, 0.3) is 0 Å². The van der Waals surface area contributed by atoms with E-state index in [1.807, 2.05) is 6.92 Å². The summed E-state index contributed by atoms with van der Waals surface area (Å²) < 4.78 is 32.6. The molecule has 0 aliphatic heterocycles. The lowest BCUT2D eigenvalue weighted by Gasteiger charge is -2.03. The van der Waals surface area contributed by atoms with Crippen molar-refractivity contribution in [2.45, 2.75) is 38.3 Å². The van der Waals surface area contributed by atoms with Crippen LogP contribution in [0.3, 0.4) is 0 Å². The van der Waals surface area contributed by atoms with Gasteiger partial charge < -0.3 is 9.73 Å². The van der Waals surface area contributed by atoms with Gasteiger partial charge in [-0.1, -0.05) is 6.92 Å². The molecule has 2 rings (SSSR count). The van der Waals surface area contributed by atoms with E-state index in [1.165, 1.54) is 11.3 Å². The molecule has 21 heavy (non-hydrogen) atoms. The van der Waals surface area contributed by atoms with Crippen LogP contribution >= 0.6 is 11.3 Å². The summed E-state index contributed by atoms with van der Waals surface area (Å²) in [5.41, 5.74) is 0. The fourth-order valence-corrected chi connectivity index (χ4v) is 3.96. The largest absolute Gasteiger partial charge is 0.464 e. The number of rotatable bonds is 7. The molecule has 116 valence electrons. The second kappa shape index (κ2) is 6.69. The topological polar surface area (TPSA) is 84.2 Å². The van der Waals surface area contributed by atoms with Crippen molar-refractivity contribution < 1.29 is 12.8 Å². The maximum Gasteiger partial charge on any atom is 0.244 e. The Morgan fingerprint density at radius 1 is 1.38 bits per heavy atom. The highest BCUT2D eigenvalue weighted by molar-refractivity contribution is 7.89. The van der Waals surface area contributed by atoms with Crippen molar-refractivity contribution in [3.63, 3.8) is 0 Å². The van der Waals surface area contributed by atoms with Crippen LogP contribution in [0.2, 0.25) is 0 Å². The number of thiazole rings is 1. The second-order valence-electron chi connectivity index (χ2n) is 4.56. The van der Waals surface area contributed by atoms with Gasteiger partial charge in [-0.2, -0.15) is 0 Å². The number of furan rings is 1. The van der Waals surface area contributed by atoms with Crippen LogP contribution in [0.5, 0.6) is 0 Å². The summed E-state index contributed by atoms with van der Waals surface area (Å²) in [6, 6.07) is 1.55. The third-order valence-corrected chi connectivity index (χ3v) is 5.58. The predicted molar refractivity (Wildman–Crippen MR) is 81.7 cm³/mol. The standard InChI is InChI=1S/C13H19N3O3S2/c1-4-11-7-15-13(20-11)8-16-21(17,18)12-5-10(6-14-3)19-9(12)2/h5,7,14,16H,4,6,8H2,1-3H3. The van der Waals surface area contributed by atoms with Crippen molar-refractivity contribution in [3.8, 4) is 0 Å². The van der Waals surface area contributed by atoms with Crippen LogP contribution in [-0.2, 0) is 29.5 Å². The second-order valence-corrected chi connectivity index (χ2v) is 7.50. The molecule has 8 heteroatoms. The molecular formula is C13H19N3O3S2. The van der Waals surface area contributed by atoms with Gasteiger partial charge in [0.05, 0.1) is 13.1 Å². The van der Waals surface area contributed by atoms with E-state index in [0.29, 0.717) is 18.1 Å². The van der Waals surface area contributed by atoms with Gasteiger partial charge in [0.15, 0.2) is 0 Å². The summed E-state index contributed by atoms with van der Waals surface area (Å²) in [7, 11) is -1.81. The van der Waals surface area contributed by atoms with E-state index in [4.69, 9.17) is 4.42 Å². The summed E-state index contributed by atoms with van der Waals surface area (Å²) in [5.74, 6) is 0.985. The van der Waals surface area contributed by atoms with Crippen LogP contribution in [-0.4, -0.2) is 20.4 Å². The average Bonchev–Trinajstić information content (AvgIpc) is 3.04. The van der Waals surface area contributed by atoms with Crippen LogP contribution < -0.4 is 10.0 Å². The molecule has 0 saturated carbocycles. The van der Waals surface area contributed by atoms with Gasteiger partial charge in [0.1, 0.15) is 21.4 Å². The van der Waals surface area contributed by atoms with Gasteiger partial charge in [-0.05, 0) is 20.4 Å². The number of hydrogen-bond donors (Lipinski definition) is 2. The normalized spacial score (nSPS) is 12.0. The molecule has 2 aromatic rings. The number of hydrogen-bond acceptors (Lipinski definition) is 6. The Kier molecular flexibility index (Phi) is 5.15. The van der Waals surface area contributed by atoms with Crippen molar-refractivity contribution >= 4 is 21.4 Å². The molecule has 0 aliphatic carbocycles. The highest BCUT2D eigenvalue weighted by Crippen LogP contribution is 2.20. The molecule has 0 aliphatic rings. The third-order valence-electron chi connectivity index (χ3n) is 2.93. The molecule has 6 nitrogen and oxygen atoms in total. The highest BCUT2D eigenvalue weighted by atomic mass is 32.2. The van der Waals surface area contributed by atoms with E-state index < -0.39 is 10.0 Å². The number of nitrogens with zero attached hydrogens (tertiary/aromatic N) is 1. The van der Waals surface area contributed by atoms with Crippen molar-refractivity contribution in [1.82, 2.24) is 15.0 Å². The minimum atomic E-state index is -3.59. The van der Waals surface area contributed by atoms with Crippen LogP contribution in [0.15, 0.2) is 21.6 Å². The lowest BCUT2D eigenvalue weighted by atomic mass is 10.4. The molecule has 0 spiro atoms. The quantitative estimate of drug-likeness (QED) is 0.809. The van der Waals surface area contributed by atoms with E-state index in [-0.39, 0.29) is 11.4 Å². The van der Waals surface area contributed by atoms with Crippen molar-refractivity contribution in [2.24, 2.45) is 0 Å². The Morgan fingerprint density at radius 2 is 2.14 bits per heavy atom. The first kappa shape index (κ1) is 16.2. The number of sulfonamides is 1. The molecule has 2 heterocycles. The van der Waals surface area contributed by atoms with Crippen LogP contribution in [0.25, 0.3) is 0 Å². The lowest BCUT2D eigenvalue weighted by Crippen LogP contribution is -2.23. The first-order valence-corrected chi connectivity index (χ1v) is 8.93. The Hall–Kier alpha value is -1.22. The molecule has 0 saturated heterocycles. The first-order chi connectivity index (χ1) is 9.96. The molecule has 0 radical (unpaired) electrons. The molecule has 0 aromatic carbocycles. The van der Waals surface area contributed by atoms with Gasteiger partial charge in [-0.25, -0.2) is 18.1 Å². The fraction of sp³-hybridized carbons (Fsp3) is 0.462. The molecule has 2 N–H and O–H groups in total. The van der Waals surface area contributed by atoms with Gasteiger partial charge in [0.2, 0.25) is 10.0 Å². The van der Waals surface area contributed by atoms with Crippen LogP contribution in [0.4, 0.5) is 0 Å². The Morgan fingerprint density at radius 3 is 2.76 bits per heavy atom. The van der Waals surface area contributed by atoms with Crippen molar-refractivity contribution in [1.29, 1.82) is 0 Å². The summed E-state index contributed by atoms with van der Waals surface area (Å²) in [5, 5.41) is 3.68. The van der Waals surface area contributed by atoms with Gasteiger partial charge in [-0.15, -0.1) is 11.3 Å². The summed E-state index contributed by atoms with van der Waals surface area (Å²) in [6.07, 6.45) is 2.68. The number of nitrogens with one attached hydrogen (secondary N) is 2. The maximum absolute atomic E-state index is 12.3. The zero-order valence-corrected chi connectivity index (χ0v) is 13.9. The summed E-state index contributed by atoms with van der Waals surface area (Å²) in [6.45, 7) is 4.37. The van der Waals surface area contributed by atoms with Crippen LogP contribution in [0.1, 0.15) is 28.3 Å². The summed E-state index contributed by atoms with van der Waals surface area (Å²) >= 11 is 1.51. The number of aryl methyl sites for hydroxylation is 2. The van der Waals surface area contributed by atoms with Gasteiger partial charge >= 0.3 is 0 Å². The summed E-state index contributed by atoms with van der Waals surface area (Å²) in [4.78, 5) is 5.52. The SMILES string of the molecule is CCc1cnc(CNS(=O)(=O)c2cc(CNC)oc2C)s1. The van der Waals surface area contributed by atoms with Crippen molar-refractivity contribution in [3.05, 3.63) is 33.7 Å². The van der Waals surface area contributed by atoms with Gasteiger partial charge in [0, 0.05) is 17.1 Å². The van der Waals surface area contributed by atoms with E-state index >= 15 is 0 Å². The van der Waals surface area contributed by atoms with E-state index in [0.717, 1.165) is 16.3 Å². The van der Waals surface area contributed by atoms with Crippen molar-refractivity contribution in [2.75, 3.05) is 7.05 Å². The smallest absolute Gasteiger partial charge is 0.244 e. The van der Waals surface area contributed by atoms with E-state index in [2.05, 4.69) is 15.0 Å². The van der Waals surface area contributed by atoms with E-state index in [1.54, 1.807) is 26.2 Å². The number of aromatic nitrogens is 1. The molecule has 0 amide bonds. The fourth-order valence-electron chi connectivity index (χ4n) is 1.88. The van der Waals surface area contributed by atoms with E-state index in [9.17, 15) is 8.42 Å².